The monoisotopic (exact) mass is 459 g/mol. The SMILES string of the molecule is Cc1noc(/C=C/c2ccco2)c1S(=O)(=O)N1CCC(C(=O)Nc2ccccc2F)CC1. The molecule has 1 fully saturated rings. The summed E-state index contributed by atoms with van der Waals surface area (Å²) in [5.74, 6) is -0.598. The Morgan fingerprint density at radius 2 is 1.94 bits per heavy atom. The molecule has 1 amide bonds. The van der Waals surface area contributed by atoms with Gasteiger partial charge in [-0.05, 0) is 56.2 Å². The number of nitrogens with one attached hydrogen (secondary N) is 1. The molecule has 168 valence electrons. The lowest BCUT2D eigenvalue weighted by Gasteiger charge is -2.30. The summed E-state index contributed by atoms with van der Waals surface area (Å²) in [6, 6.07) is 9.37. The van der Waals surface area contributed by atoms with Gasteiger partial charge in [0.1, 0.15) is 17.3 Å². The number of hydrogen-bond acceptors (Lipinski definition) is 6. The zero-order chi connectivity index (χ0) is 22.7. The Kier molecular flexibility index (Phi) is 6.24. The second kappa shape index (κ2) is 9.09. The van der Waals surface area contributed by atoms with Crippen molar-refractivity contribution in [3.05, 3.63) is 65.7 Å². The molecule has 0 saturated carbocycles. The maximum absolute atomic E-state index is 13.8. The quantitative estimate of drug-likeness (QED) is 0.599. The molecule has 0 bridgehead atoms. The fourth-order valence-electron chi connectivity index (χ4n) is 3.63. The Morgan fingerprint density at radius 3 is 2.62 bits per heavy atom. The van der Waals surface area contributed by atoms with E-state index in [1.54, 1.807) is 37.3 Å². The normalized spacial score (nSPS) is 15.9. The van der Waals surface area contributed by atoms with Gasteiger partial charge in [0.05, 0.1) is 12.0 Å². The minimum Gasteiger partial charge on any atom is -0.465 e. The fourth-order valence-corrected chi connectivity index (χ4v) is 5.35. The number of carbonyl (C=O) groups excluding carboxylic acids is 1. The molecule has 2 aromatic heterocycles. The van der Waals surface area contributed by atoms with E-state index in [4.69, 9.17) is 8.94 Å². The van der Waals surface area contributed by atoms with Gasteiger partial charge < -0.3 is 14.3 Å². The first-order valence-corrected chi connectivity index (χ1v) is 11.5. The van der Waals surface area contributed by atoms with Crippen molar-refractivity contribution in [1.82, 2.24) is 9.46 Å². The molecule has 0 atom stereocenters. The van der Waals surface area contributed by atoms with E-state index in [0.717, 1.165) is 0 Å². The van der Waals surface area contributed by atoms with Gasteiger partial charge in [-0.1, -0.05) is 17.3 Å². The van der Waals surface area contributed by atoms with Gasteiger partial charge in [0.15, 0.2) is 10.7 Å². The lowest BCUT2D eigenvalue weighted by Crippen LogP contribution is -2.41. The van der Waals surface area contributed by atoms with Crippen LogP contribution in [0.15, 0.2) is 56.5 Å². The highest BCUT2D eigenvalue weighted by Crippen LogP contribution is 2.29. The van der Waals surface area contributed by atoms with Gasteiger partial charge in [-0.3, -0.25) is 4.79 Å². The number of piperidine rings is 1. The predicted octanol–water partition coefficient (Wildman–Crippen LogP) is 3.92. The number of benzene rings is 1. The Balaban J connectivity index is 1.45. The van der Waals surface area contributed by atoms with Gasteiger partial charge in [0.25, 0.3) is 0 Å². The Morgan fingerprint density at radius 1 is 1.19 bits per heavy atom. The van der Waals surface area contributed by atoms with Gasteiger partial charge >= 0.3 is 0 Å². The summed E-state index contributed by atoms with van der Waals surface area (Å²) >= 11 is 0. The number of hydrogen-bond donors (Lipinski definition) is 1. The van der Waals surface area contributed by atoms with Crippen LogP contribution >= 0.6 is 0 Å². The van der Waals surface area contributed by atoms with Crippen LogP contribution in [0.5, 0.6) is 0 Å². The molecule has 0 aliphatic carbocycles. The third-order valence-electron chi connectivity index (χ3n) is 5.33. The summed E-state index contributed by atoms with van der Waals surface area (Å²) in [6.07, 6.45) is 5.25. The topological polar surface area (TPSA) is 106 Å². The van der Waals surface area contributed by atoms with Crippen molar-refractivity contribution in [2.24, 2.45) is 5.92 Å². The number of amides is 1. The number of rotatable bonds is 6. The molecule has 32 heavy (non-hydrogen) atoms. The summed E-state index contributed by atoms with van der Waals surface area (Å²) < 4.78 is 52.1. The van der Waals surface area contributed by atoms with Crippen molar-refractivity contribution in [3.63, 3.8) is 0 Å². The van der Waals surface area contributed by atoms with Crippen molar-refractivity contribution in [1.29, 1.82) is 0 Å². The highest BCUT2D eigenvalue weighted by molar-refractivity contribution is 7.89. The third kappa shape index (κ3) is 4.51. The first-order valence-electron chi connectivity index (χ1n) is 10.1. The minimum atomic E-state index is -3.88. The molecule has 0 unspecified atom stereocenters. The van der Waals surface area contributed by atoms with Gasteiger partial charge in [-0.25, -0.2) is 12.8 Å². The van der Waals surface area contributed by atoms with Crippen molar-refractivity contribution >= 4 is 33.8 Å². The fraction of sp³-hybridized carbons (Fsp3) is 0.273. The average Bonchev–Trinajstić information content (AvgIpc) is 3.43. The van der Waals surface area contributed by atoms with Crippen LogP contribution in [-0.4, -0.2) is 36.9 Å². The molecule has 1 aliphatic heterocycles. The van der Waals surface area contributed by atoms with Crippen LogP contribution < -0.4 is 5.32 Å². The van der Waals surface area contributed by atoms with Gasteiger partial charge in [-0.15, -0.1) is 0 Å². The Hall–Kier alpha value is -3.24. The summed E-state index contributed by atoms with van der Waals surface area (Å²) in [6.45, 7) is 1.88. The van der Waals surface area contributed by atoms with Gasteiger partial charge in [0.2, 0.25) is 15.9 Å². The molecule has 1 aliphatic rings. The predicted molar refractivity (Wildman–Crippen MR) is 115 cm³/mol. The maximum atomic E-state index is 13.8. The summed E-state index contributed by atoms with van der Waals surface area (Å²) in [5.41, 5.74) is 0.365. The Labute approximate surface area is 184 Å². The maximum Gasteiger partial charge on any atom is 0.248 e. The number of carbonyl (C=O) groups is 1. The van der Waals surface area contributed by atoms with E-state index >= 15 is 0 Å². The molecular formula is C22H22FN3O5S. The first-order chi connectivity index (χ1) is 15.4. The van der Waals surface area contributed by atoms with Gasteiger partial charge in [-0.2, -0.15) is 4.31 Å². The number of anilines is 1. The van der Waals surface area contributed by atoms with Crippen LogP contribution in [0.4, 0.5) is 10.1 Å². The number of aromatic nitrogens is 1. The molecule has 0 radical (unpaired) electrons. The molecule has 8 nitrogen and oxygen atoms in total. The van der Waals surface area contributed by atoms with Gasteiger partial charge in [0, 0.05) is 19.0 Å². The molecule has 3 heterocycles. The standard InChI is InChI=1S/C22H22FN3O5S/c1-15-21(20(31-25-15)9-8-17-5-4-14-30-17)32(28,29)26-12-10-16(11-13-26)22(27)24-19-7-3-2-6-18(19)23/h2-9,14,16H,10-13H2,1H3,(H,24,27)/b9-8+. The first kappa shape index (κ1) is 22.0. The lowest BCUT2D eigenvalue weighted by molar-refractivity contribution is -0.120. The molecule has 1 saturated heterocycles. The van der Waals surface area contributed by atoms with Crippen LogP contribution in [0.1, 0.15) is 30.1 Å². The van der Waals surface area contributed by atoms with Crippen LogP contribution in [0.3, 0.4) is 0 Å². The van der Waals surface area contributed by atoms with Crippen molar-refractivity contribution in [2.75, 3.05) is 18.4 Å². The lowest BCUT2D eigenvalue weighted by atomic mass is 9.97. The van der Waals surface area contributed by atoms with Crippen molar-refractivity contribution < 1.29 is 26.5 Å². The highest BCUT2D eigenvalue weighted by atomic mass is 32.2. The molecule has 10 heteroatoms. The second-order valence-corrected chi connectivity index (χ2v) is 9.33. The number of para-hydroxylation sites is 1. The minimum absolute atomic E-state index is 0.00503. The third-order valence-corrected chi connectivity index (χ3v) is 7.39. The highest BCUT2D eigenvalue weighted by Gasteiger charge is 2.36. The number of furan rings is 1. The van der Waals surface area contributed by atoms with Crippen LogP contribution in [0, 0.1) is 18.7 Å². The number of nitrogens with zero attached hydrogens (tertiary/aromatic N) is 2. The molecule has 1 aromatic carbocycles. The van der Waals surface area contributed by atoms with Crippen molar-refractivity contribution in [2.45, 2.75) is 24.7 Å². The zero-order valence-corrected chi connectivity index (χ0v) is 18.1. The van der Waals surface area contributed by atoms with E-state index in [1.807, 2.05) is 0 Å². The van der Waals surface area contributed by atoms with E-state index in [1.165, 1.54) is 28.8 Å². The smallest absolute Gasteiger partial charge is 0.248 e. The van der Waals surface area contributed by atoms with E-state index in [-0.39, 0.29) is 41.0 Å². The molecule has 1 N–H and O–H groups in total. The van der Waals surface area contributed by atoms with Crippen LogP contribution in [0.2, 0.25) is 0 Å². The van der Waals surface area contributed by atoms with Crippen LogP contribution in [0.25, 0.3) is 12.2 Å². The summed E-state index contributed by atoms with van der Waals surface area (Å²) in [7, 11) is -3.88. The Bertz CT molecular complexity index is 1230. The van der Waals surface area contributed by atoms with Crippen molar-refractivity contribution in [3.8, 4) is 0 Å². The van der Waals surface area contributed by atoms with E-state index in [2.05, 4.69) is 10.5 Å². The second-order valence-electron chi connectivity index (χ2n) is 7.46. The molecule has 0 spiro atoms. The number of halogens is 1. The zero-order valence-electron chi connectivity index (χ0n) is 17.3. The van der Waals surface area contributed by atoms with E-state index in [9.17, 15) is 17.6 Å². The summed E-state index contributed by atoms with van der Waals surface area (Å²) in [4.78, 5) is 12.5. The molecular weight excluding hydrogens is 437 g/mol. The number of sulfonamides is 1. The molecule has 3 aromatic rings. The number of aryl methyl sites for hydroxylation is 1. The summed E-state index contributed by atoms with van der Waals surface area (Å²) in [5, 5.41) is 6.40. The van der Waals surface area contributed by atoms with E-state index in [0.29, 0.717) is 18.6 Å². The van der Waals surface area contributed by atoms with Crippen LogP contribution in [-0.2, 0) is 14.8 Å². The average molecular weight is 459 g/mol. The largest absolute Gasteiger partial charge is 0.465 e. The molecule has 4 rings (SSSR count). The van der Waals surface area contributed by atoms with E-state index < -0.39 is 21.8 Å².